The Morgan fingerprint density at radius 1 is 1.31 bits per heavy atom. The minimum atomic E-state index is 0.324. The highest BCUT2D eigenvalue weighted by atomic mass is 35.5. The number of hydrazine groups is 1. The van der Waals surface area contributed by atoms with E-state index in [0.717, 1.165) is 22.7 Å². The zero-order valence-electron chi connectivity index (χ0n) is 15.2. The van der Waals surface area contributed by atoms with Crippen LogP contribution in [-0.4, -0.2) is 30.6 Å². The molecular weight excluding hydrogens is 352 g/mol. The summed E-state index contributed by atoms with van der Waals surface area (Å²) in [7, 11) is 3.27. The molecule has 138 valence electrons. The maximum Gasteiger partial charge on any atom is 0.227 e. The normalized spacial score (nSPS) is 13.7. The van der Waals surface area contributed by atoms with Crippen LogP contribution in [0.15, 0.2) is 24.3 Å². The van der Waals surface area contributed by atoms with Crippen molar-refractivity contribution in [3.8, 4) is 5.75 Å². The first-order chi connectivity index (χ1) is 12.5. The summed E-state index contributed by atoms with van der Waals surface area (Å²) in [6.45, 7) is 1.90. The van der Waals surface area contributed by atoms with Crippen LogP contribution >= 0.6 is 11.6 Å². The van der Waals surface area contributed by atoms with E-state index in [4.69, 9.17) is 16.3 Å². The molecule has 6 nitrogen and oxygen atoms in total. The first kappa shape index (κ1) is 18.3. The van der Waals surface area contributed by atoms with Gasteiger partial charge in [0.2, 0.25) is 6.41 Å². The topological polar surface area (TPSA) is 66.5 Å². The lowest BCUT2D eigenvalue weighted by atomic mass is 9.80. The Kier molecular flexibility index (Phi) is 5.52. The summed E-state index contributed by atoms with van der Waals surface area (Å²) >= 11 is 6.15. The van der Waals surface area contributed by atoms with E-state index in [9.17, 15) is 4.79 Å². The average molecular weight is 375 g/mol. The molecule has 2 aromatic rings. The molecule has 0 aliphatic heterocycles. The third-order valence-corrected chi connectivity index (χ3v) is 4.95. The van der Waals surface area contributed by atoms with E-state index in [-0.39, 0.29) is 0 Å². The van der Waals surface area contributed by atoms with E-state index in [0.29, 0.717) is 23.3 Å². The summed E-state index contributed by atoms with van der Waals surface area (Å²) in [4.78, 5) is 15.1. The van der Waals surface area contributed by atoms with Gasteiger partial charge < -0.3 is 10.1 Å². The van der Waals surface area contributed by atoms with E-state index >= 15 is 0 Å². The molecular formula is C19H23ClN4O2. The van der Waals surface area contributed by atoms with Gasteiger partial charge in [0.05, 0.1) is 12.8 Å². The molecule has 1 saturated carbocycles. The standard InChI is InChI=1S/C19H23ClN4O2/c1-12-16(10-18(20)22-19(12)23-24(2)11-25)21-15-8-7-14(9-17(15)26-3)13-5-4-6-13/h7-11,13H,4-6H2,1-3H3,(H2,21,22,23). The van der Waals surface area contributed by atoms with Crippen LogP contribution < -0.4 is 15.5 Å². The van der Waals surface area contributed by atoms with Crippen LogP contribution in [0.1, 0.15) is 36.3 Å². The molecule has 7 heteroatoms. The number of ether oxygens (including phenoxy) is 1. The van der Waals surface area contributed by atoms with Crippen molar-refractivity contribution in [1.82, 2.24) is 9.99 Å². The summed E-state index contributed by atoms with van der Waals surface area (Å²) in [5.41, 5.74) is 6.70. The second kappa shape index (κ2) is 7.83. The number of aromatic nitrogens is 1. The van der Waals surface area contributed by atoms with Crippen molar-refractivity contribution in [2.24, 2.45) is 0 Å². The van der Waals surface area contributed by atoms with Gasteiger partial charge in [-0.1, -0.05) is 24.1 Å². The van der Waals surface area contributed by atoms with Crippen LogP contribution in [0.25, 0.3) is 0 Å². The molecule has 0 unspecified atom stereocenters. The Bertz CT molecular complexity index is 808. The van der Waals surface area contributed by atoms with Crippen molar-refractivity contribution in [2.75, 3.05) is 24.9 Å². The lowest BCUT2D eigenvalue weighted by Crippen LogP contribution is -2.24. The first-order valence-electron chi connectivity index (χ1n) is 8.58. The number of methoxy groups -OCH3 is 1. The number of pyridine rings is 1. The fourth-order valence-corrected chi connectivity index (χ4v) is 3.16. The third-order valence-electron chi connectivity index (χ3n) is 4.75. The van der Waals surface area contributed by atoms with Crippen LogP contribution in [0.5, 0.6) is 5.75 Å². The predicted octanol–water partition coefficient (Wildman–Crippen LogP) is 4.48. The van der Waals surface area contributed by atoms with E-state index in [1.165, 1.54) is 29.8 Å². The van der Waals surface area contributed by atoms with Gasteiger partial charge in [0.15, 0.2) is 5.82 Å². The highest BCUT2D eigenvalue weighted by Crippen LogP contribution is 2.40. The van der Waals surface area contributed by atoms with Gasteiger partial charge in [0.1, 0.15) is 10.9 Å². The van der Waals surface area contributed by atoms with Gasteiger partial charge in [-0.3, -0.25) is 15.2 Å². The zero-order valence-corrected chi connectivity index (χ0v) is 15.9. The number of benzene rings is 1. The van der Waals surface area contributed by atoms with Gasteiger partial charge in [-0.15, -0.1) is 0 Å². The van der Waals surface area contributed by atoms with Crippen molar-refractivity contribution in [2.45, 2.75) is 32.1 Å². The summed E-state index contributed by atoms with van der Waals surface area (Å²) in [5.74, 6) is 1.95. The Morgan fingerprint density at radius 2 is 2.08 bits per heavy atom. The smallest absolute Gasteiger partial charge is 0.227 e. The van der Waals surface area contributed by atoms with Crippen LogP contribution in [0.2, 0.25) is 5.15 Å². The Hall–Kier alpha value is -2.47. The number of carbonyl (C=O) groups is 1. The Balaban J connectivity index is 1.89. The van der Waals surface area contributed by atoms with Gasteiger partial charge in [0, 0.05) is 18.3 Å². The van der Waals surface area contributed by atoms with E-state index in [2.05, 4.69) is 27.9 Å². The van der Waals surface area contributed by atoms with Gasteiger partial charge in [0.25, 0.3) is 0 Å². The fraction of sp³-hybridized carbons (Fsp3) is 0.368. The van der Waals surface area contributed by atoms with E-state index in [1.807, 2.05) is 13.0 Å². The summed E-state index contributed by atoms with van der Waals surface area (Å²) in [5, 5.41) is 4.98. The Morgan fingerprint density at radius 3 is 2.69 bits per heavy atom. The number of hydrogen-bond donors (Lipinski definition) is 2. The summed E-state index contributed by atoms with van der Waals surface area (Å²) < 4.78 is 5.58. The van der Waals surface area contributed by atoms with Crippen LogP contribution in [0.4, 0.5) is 17.2 Å². The van der Waals surface area contributed by atoms with E-state index in [1.54, 1.807) is 20.2 Å². The van der Waals surface area contributed by atoms with Crippen molar-refractivity contribution < 1.29 is 9.53 Å². The number of halogens is 1. The average Bonchev–Trinajstić information content (AvgIpc) is 2.58. The molecule has 1 aromatic heterocycles. The minimum absolute atomic E-state index is 0.324. The quantitative estimate of drug-likeness (QED) is 0.425. The van der Waals surface area contributed by atoms with E-state index < -0.39 is 0 Å². The first-order valence-corrected chi connectivity index (χ1v) is 8.96. The fourth-order valence-electron chi connectivity index (χ4n) is 2.96. The van der Waals surface area contributed by atoms with Gasteiger partial charge in [-0.2, -0.15) is 0 Å². The molecule has 0 spiro atoms. The minimum Gasteiger partial charge on any atom is -0.495 e. The molecule has 1 heterocycles. The molecule has 1 fully saturated rings. The molecule has 0 radical (unpaired) electrons. The highest BCUT2D eigenvalue weighted by Gasteiger charge is 2.21. The molecule has 0 atom stereocenters. The zero-order chi connectivity index (χ0) is 18.7. The molecule has 26 heavy (non-hydrogen) atoms. The number of nitrogens with zero attached hydrogens (tertiary/aromatic N) is 2. The number of carbonyl (C=O) groups excluding carboxylic acids is 1. The lowest BCUT2D eigenvalue weighted by molar-refractivity contribution is -0.115. The molecule has 1 aliphatic carbocycles. The van der Waals surface area contributed by atoms with Gasteiger partial charge in [-0.05, 0) is 49.4 Å². The van der Waals surface area contributed by atoms with Crippen molar-refractivity contribution >= 4 is 35.2 Å². The van der Waals surface area contributed by atoms with Crippen molar-refractivity contribution in [3.63, 3.8) is 0 Å². The lowest BCUT2D eigenvalue weighted by Gasteiger charge is -2.26. The molecule has 3 rings (SSSR count). The molecule has 0 saturated heterocycles. The summed E-state index contributed by atoms with van der Waals surface area (Å²) in [6, 6.07) is 8.03. The molecule has 1 aliphatic rings. The maximum atomic E-state index is 10.9. The molecule has 0 bridgehead atoms. The highest BCUT2D eigenvalue weighted by molar-refractivity contribution is 6.29. The van der Waals surface area contributed by atoms with Crippen LogP contribution in [0, 0.1) is 6.92 Å². The van der Waals surface area contributed by atoms with Gasteiger partial charge >= 0.3 is 0 Å². The predicted molar refractivity (Wildman–Crippen MR) is 104 cm³/mol. The maximum absolute atomic E-state index is 10.9. The van der Waals surface area contributed by atoms with Crippen molar-refractivity contribution in [3.05, 3.63) is 40.5 Å². The monoisotopic (exact) mass is 374 g/mol. The number of nitrogens with one attached hydrogen (secondary N) is 2. The number of amides is 1. The molecule has 2 N–H and O–H groups in total. The molecule has 1 amide bonds. The number of rotatable bonds is 7. The number of anilines is 3. The van der Waals surface area contributed by atoms with Crippen LogP contribution in [0.3, 0.4) is 0 Å². The number of hydrogen-bond acceptors (Lipinski definition) is 5. The van der Waals surface area contributed by atoms with Crippen LogP contribution in [-0.2, 0) is 4.79 Å². The second-order valence-electron chi connectivity index (χ2n) is 6.51. The largest absolute Gasteiger partial charge is 0.495 e. The third kappa shape index (κ3) is 3.85. The van der Waals surface area contributed by atoms with Crippen molar-refractivity contribution in [1.29, 1.82) is 0 Å². The van der Waals surface area contributed by atoms with Gasteiger partial charge in [-0.25, -0.2) is 4.98 Å². The summed E-state index contributed by atoms with van der Waals surface area (Å²) in [6.07, 6.45) is 4.45. The SMILES string of the molecule is COc1cc(C2CCC2)ccc1Nc1cc(Cl)nc(NN(C)C=O)c1C. The molecule has 1 aromatic carbocycles. The Labute approximate surface area is 158 Å². The second-order valence-corrected chi connectivity index (χ2v) is 6.89.